The molecule has 1 aliphatic heterocycles. The largest absolute Gasteiger partial charge is 0.465 e. The van der Waals surface area contributed by atoms with E-state index in [4.69, 9.17) is 4.74 Å². The van der Waals surface area contributed by atoms with Crippen molar-refractivity contribution in [3.63, 3.8) is 0 Å². The van der Waals surface area contributed by atoms with Gasteiger partial charge in [0.15, 0.2) is 5.82 Å². The molecule has 29 heavy (non-hydrogen) atoms. The molecule has 1 aromatic heterocycles. The maximum Gasteiger partial charge on any atom is 0.315 e. The van der Waals surface area contributed by atoms with E-state index in [0.29, 0.717) is 17.1 Å². The highest BCUT2D eigenvalue weighted by Gasteiger charge is 2.45. The lowest BCUT2D eigenvalue weighted by molar-refractivity contribution is -0.385. The first kappa shape index (κ1) is 20.7. The average Bonchev–Trinajstić information content (AvgIpc) is 2.97. The molecule has 0 aliphatic carbocycles. The third kappa shape index (κ3) is 3.54. The number of esters is 1. The molecule has 8 nitrogen and oxygen atoms in total. The fourth-order valence-electron chi connectivity index (χ4n) is 3.94. The predicted molar refractivity (Wildman–Crippen MR) is 110 cm³/mol. The fourth-order valence-corrected chi connectivity index (χ4v) is 3.94. The summed E-state index contributed by atoms with van der Waals surface area (Å²) in [6, 6.07) is 6.54. The summed E-state index contributed by atoms with van der Waals surface area (Å²) in [7, 11) is 1.80. The van der Waals surface area contributed by atoms with Crippen LogP contribution in [0.3, 0.4) is 0 Å². The monoisotopic (exact) mass is 398 g/mol. The van der Waals surface area contributed by atoms with Gasteiger partial charge in [0.25, 0.3) is 5.69 Å². The normalized spacial score (nSPS) is 18.8. The van der Waals surface area contributed by atoms with Gasteiger partial charge in [0.1, 0.15) is 5.92 Å². The fraction of sp³-hybridized carbons (Fsp3) is 0.476. The first-order valence-electron chi connectivity index (χ1n) is 9.60. The molecule has 0 radical (unpaired) electrons. The van der Waals surface area contributed by atoms with Gasteiger partial charge in [-0.05, 0) is 13.8 Å². The van der Waals surface area contributed by atoms with Crippen LogP contribution in [0.5, 0.6) is 0 Å². The number of para-hydroxylation sites is 1. The summed E-state index contributed by atoms with van der Waals surface area (Å²) in [4.78, 5) is 29.0. The van der Waals surface area contributed by atoms with Crippen molar-refractivity contribution in [3.05, 3.63) is 51.2 Å². The highest BCUT2D eigenvalue weighted by Crippen LogP contribution is 2.48. The Morgan fingerprint density at radius 3 is 2.55 bits per heavy atom. The molecule has 0 saturated heterocycles. The van der Waals surface area contributed by atoms with Crippen molar-refractivity contribution in [2.75, 3.05) is 6.61 Å². The minimum absolute atomic E-state index is 0.0313. The molecule has 8 heteroatoms. The number of ether oxygens (including phenoxy) is 1. The van der Waals surface area contributed by atoms with Gasteiger partial charge in [-0.25, -0.2) is 4.99 Å². The summed E-state index contributed by atoms with van der Waals surface area (Å²) < 4.78 is 7.02. The summed E-state index contributed by atoms with van der Waals surface area (Å²) in [6.45, 7) is 9.79. The van der Waals surface area contributed by atoms with Crippen LogP contribution in [-0.4, -0.2) is 33.0 Å². The highest BCUT2D eigenvalue weighted by molar-refractivity contribution is 6.05. The van der Waals surface area contributed by atoms with Crippen molar-refractivity contribution in [3.8, 4) is 0 Å². The summed E-state index contributed by atoms with van der Waals surface area (Å²) >= 11 is 0. The van der Waals surface area contributed by atoms with E-state index in [1.165, 1.54) is 6.07 Å². The Balaban J connectivity index is 2.37. The van der Waals surface area contributed by atoms with E-state index in [0.717, 1.165) is 11.3 Å². The zero-order chi connectivity index (χ0) is 21.5. The van der Waals surface area contributed by atoms with Crippen LogP contribution in [0, 0.1) is 16.0 Å². The first-order chi connectivity index (χ1) is 13.6. The smallest absolute Gasteiger partial charge is 0.315 e. The Hall–Kier alpha value is -3.03. The molecule has 2 unspecified atom stereocenters. The summed E-state index contributed by atoms with van der Waals surface area (Å²) in [5.74, 6) is -1.18. The number of carbonyl (C=O) groups is 1. The number of rotatable bonds is 4. The van der Waals surface area contributed by atoms with E-state index in [2.05, 4.69) is 10.1 Å². The number of hydrogen-bond acceptors (Lipinski definition) is 6. The van der Waals surface area contributed by atoms with Crippen LogP contribution >= 0.6 is 0 Å². The molecule has 0 saturated carbocycles. The number of fused-ring (bicyclic) bond motifs is 1. The third-order valence-corrected chi connectivity index (χ3v) is 5.15. The predicted octanol–water partition coefficient (Wildman–Crippen LogP) is 4.04. The van der Waals surface area contributed by atoms with E-state index < -0.39 is 22.7 Å². The zero-order valence-electron chi connectivity index (χ0n) is 17.6. The van der Waals surface area contributed by atoms with Gasteiger partial charge in [0.05, 0.1) is 17.2 Å². The van der Waals surface area contributed by atoms with Gasteiger partial charge in [-0.3, -0.25) is 19.6 Å². The van der Waals surface area contributed by atoms with Crippen LogP contribution in [0.4, 0.5) is 11.5 Å². The average molecular weight is 398 g/mol. The zero-order valence-corrected chi connectivity index (χ0v) is 17.6. The van der Waals surface area contributed by atoms with Crippen molar-refractivity contribution < 1.29 is 14.5 Å². The van der Waals surface area contributed by atoms with E-state index in [9.17, 15) is 14.9 Å². The highest BCUT2D eigenvalue weighted by atomic mass is 16.6. The molecule has 2 aromatic rings. The first-order valence-corrected chi connectivity index (χ1v) is 9.60. The Labute approximate surface area is 169 Å². The van der Waals surface area contributed by atoms with Gasteiger partial charge < -0.3 is 4.74 Å². The molecule has 0 bridgehead atoms. The molecule has 3 rings (SSSR count). The molecule has 0 amide bonds. The number of aryl methyl sites for hydroxylation is 1. The third-order valence-electron chi connectivity index (χ3n) is 5.15. The number of aromatic nitrogens is 2. The molecule has 2 atom stereocenters. The molecule has 154 valence electrons. The summed E-state index contributed by atoms with van der Waals surface area (Å²) in [5, 5.41) is 16.5. The van der Waals surface area contributed by atoms with Crippen molar-refractivity contribution >= 4 is 23.2 Å². The number of benzene rings is 1. The summed E-state index contributed by atoms with van der Waals surface area (Å²) in [5.41, 5.74) is 2.16. The second-order valence-electron chi connectivity index (χ2n) is 8.24. The second-order valence-corrected chi connectivity index (χ2v) is 8.24. The van der Waals surface area contributed by atoms with Crippen molar-refractivity contribution in [2.24, 2.45) is 18.0 Å². The van der Waals surface area contributed by atoms with Crippen molar-refractivity contribution in [2.45, 2.75) is 46.0 Å². The van der Waals surface area contributed by atoms with Gasteiger partial charge in [-0.15, -0.1) is 0 Å². The lowest BCUT2D eigenvalue weighted by Gasteiger charge is -2.31. The van der Waals surface area contributed by atoms with E-state index in [1.54, 1.807) is 43.8 Å². The van der Waals surface area contributed by atoms with Crippen molar-refractivity contribution in [1.82, 2.24) is 9.78 Å². The number of aliphatic imine (C=N–C) groups is 1. The topological polar surface area (TPSA) is 99.6 Å². The Morgan fingerprint density at radius 2 is 1.97 bits per heavy atom. The quantitative estimate of drug-likeness (QED) is 0.439. The van der Waals surface area contributed by atoms with E-state index in [-0.39, 0.29) is 17.7 Å². The second kappa shape index (κ2) is 7.42. The molecule has 1 aliphatic rings. The Bertz CT molecular complexity index is 1000. The van der Waals surface area contributed by atoms with Gasteiger partial charge in [0, 0.05) is 41.3 Å². The van der Waals surface area contributed by atoms with Gasteiger partial charge in [0.2, 0.25) is 0 Å². The summed E-state index contributed by atoms with van der Waals surface area (Å²) in [6.07, 6.45) is 0. The van der Waals surface area contributed by atoms with Gasteiger partial charge >= 0.3 is 5.97 Å². The van der Waals surface area contributed by atoms with Crippen LogP contribution in [0.2, 0.25) is 0 Å². The number of carbonyl (C=O) groups excluding carboxylic acids is 1. The van der Waals surface area contributed by atoms with Crippen LogP contribution in [-0.2, 0) is 22.0 Å². The molecule has 0 N–H and O–H groups in total. The van der Waals surface area contributed by atoms with Gasteiger partial charge in [-0.2, -0.15) is 5.10 Å². The number of hydrogen-bond donors (Lipinski definition) is 0. The van der Waals surface area contributed by atoms with E-state index >= 15 is 0 Å². The molecule has 2 heterocycles. The lowest BCUT2D eigenvalue weighted by Crippen LogP contribution is -2.34. The molecule has 0 spiro atoms. The Kier molecular flexibility index (Phi) is 5.30. The van der Waals surface area contributed by atoms with Crippen LogP contribution in [0.1, 0.15) is 57.4 Å². The molecule has 0 fully saturated rings. The molecule has 1 aromatic carbocycles. The minimum Gasteiger partial charge on any atom is -0.465 e. The maximum absolute atomic E-state index is 13.0. The number of nitro groups is 1. The number of nitro benzene ring substituents is 1. The van der Waals surface area contributed by atoms with Gasteiger partial charge in [-0.1, -0.05) is 39.0 Å². The SMILES string of the molecule is CCOC(=O)C1C(C)=Nc2c(c(C(C)(C)C)nn2C)C1c1ccccc1[N+](=O)[O-]. The molecular weight excluding hydrogens is 372 g/mol. The van der Waals surface area contributed by atoms with E-state index in [1.807, 2.05) is 20.8 Å². The standard InChI is InChI=1S/C21H26N4O4/c1-7-29-20(26)15-12(2)22-19-17(18(21(3,4)5)23-24(19)6)16(15)13-10-8-9-11-14(13)25(27)28/h8-11,15-16H,7H2,1-6H3. The maximum atomic E-state index is 13.0. The minimum atomic E-state index is -0.756. The van der Waals surface area contributed by atoms with Crippen LogP contribution in [0.25, 0.3) is 0 Å². The number of nitrogens with zero attached hydrogens (tertiary/aromatic N) is 4. The van der Waals surface area contributed by atoms with Crippen LogP contribution in [0.15, 0.2) is 29.3 Å². The van der Waals surface area contributed by atoms with Crippen molar-refractivity contribution in [1.29, 1.82) is 0 Å². The Morgan fingerprint density at radius 1 is 1.31 bits per heavy atom. The lowest BCUT2D eigenvalue weighted by atomic mass is 9.73. The van der Waals surface area contributed by atoms with Crippen LogP contribution < -0.4 is 0 Å². The molecular formula is C21H26N4O4.